The van der Waals surface area contributed by atoms with Gasteiger partial charge in [-0.25, -0.2) is 9.13 Å². The SMILES string of the molecule is Cc1ccccc1Cn1c[n+](Cc2cccc3ccccc23)c2ccccc21. The van der Waals surface area contributed by atoms with E-state index in [-0.39, 0.29) is 0 Å². The number of para-hydroxylation sites is 2. The van der Waals surface area contributed by atoms with Crippen molar-refractivity contribution in [3.8, 4) is 0 Å². The third kappa shape index (κ3) is 2.97. The Kier molecular flexibility index (Phi) is 4.17. The molecule has 2 heteroatoms. The van der Waals surface area contributed by atoms with Gasteiger partial charge in [0.25, 0.3) is 0 Å². The maximum atomic E-state index is 2.37. The summed E-state index contributed by atoms with van der Waals surface area (Å²) < 4.78 is 4.73. The number of aromatic nitrogens is 2. The second-order valence-electron chi connectivity index (χ2n) is 7.42. The third-order valence-corrected chi connectivity index (χ3v) is 5.60. The lowest BCUT2D eigenvalue weighted by Crippen LogP contribution is -2.33. The Hall–Kier alpha value is -3.39. The Morgan fingerprint density at radius 1 is 0.714 bits per heavy atom. The molecule has 0 aliphatic heterocycles. The van der Waals surface area contributed by atoms with E-state index in [1.165, 1.54) is 38.5 Å². The number of benzene rings is 4. The Labute approximate surface area is 165 Å². The molecule has 28 heavy (non-hydrogen) atoms. The van der Waals surface area contributed by atoms with Crippen LogP contribution in [0.1, 0.15) is 16.7 Å². The quantitative estimate of drug-likeness (QED) is 0.374. The van der Waals surface area contributed by atoms with Gasteiger partial charge in [-0.3, -0.25) is 0 Å². The minimum absolute atomic E-state index is 0.864. The lowest BCUT2D eigenvalue weighted by molar-refractivity contribution is -0.663. The van der Waals surface area contributed by atoms with Crippen molar-refractivity contribution < 1.29 is 4.57 Å². The minimum Gasteiger partial charge on any atom is -0.226 e. The zero-order valence-corrected chi connectivity index (χ0v) is 16.0. The molecule has 2 nitrogen and oxygen atoms in total. The molecule has 4 aromatic carbocycles. The molecule has 0 fully saturated rings. The van der Waals surface area contributed by atoms with Crippen molar-refractivity contribution in [1.29, 1.82) is 0 Å². The summed E-state index contributed by atoms with van der Waals surface area (Å²) in [6.45, 7) is 3.93. The molecule has 0 atom stereocenters. The third-order valence-electron chi connectivity index (χ3n) is 5.60. The van der Waals surface area contributed by atoms with Gasteiger partial charge in [0.2, 0.25) is 6.33 Å². The van der Waals surface area contributed by atoms with Crippen molar-refractivity contribution in [2.24, 2.45) is 0 Å². The van der Waals surface area contributed by atoms with E-state index < -0.39 is 0 Å². The zero-order chi connectivity index (χ0) is 18.9. The molecule has 0 aliphatic carbocycles. The van der Waals surface area contributed by atoms with Gasteiger partial charge in [-0.05, 0) is 41.0 Å². The predicted octanol–water partition coefficient (Wildman–Crippen LogP) is 5.49. The van der Waals surface area contributed by atoms with Crippen molar-refractivity contribution in [3.05, 3.63) is 114 Å². The van der Waals surface area contributed by atoms with Crippen LogP contribution in [0.25, 0.3) is 21.8 Å². The van der Waals surface area contributed by atoms with Crippen LogP contribution in [0.4, 0.5) is 0 Å². The number of fused-ring (bicyclic) bond motifs is 2. The average molecular weight is 363 g/mol. The summed E-state index contributed by atoms with van der Waals surface area (Å²) in [5.41, 5.74) is 6.58. The van der Waals surface area contributed by atoms with Gasteiger partial charge in [0, 0.05) is 5.56 Å². The second-order valence-corrected chi connectivity index (χ2v) is 7.42. The summed E-state index contributed by atoms with van der Waals surface area (Å²) in [4.78, 5) is 0. The first kappa shape index (κ1) is 16.8. The first-order valence-electron chi connectivity index (χ1n) is 9.78. The fourth-order valence-corrected chi connectivity index (χ4v) is 4.08. The summed E-state index contributed by atoms with van der Waals surface area (Å²) in [6.07, 6.45) is 2.26. The van der Waals surface area contributed by atoms with Crippen LogP contribution in [0.15, 0.2) is 97.3 Å². The fraction of sp³-hybridized carbons (Fsp3) is 0.115. The molecule has 5 aromatic rings. The number of imidazole rings is 1. The lowest BCUT2D eigenvalue weighted by Gasteiger charge is -2.05. The highest BCUT2D eigenvalue weighted by molar-refractivity contribution is 5.85. The standard InChI is InChI=1S/C26H23N2/c1-20-9-2-3-11-22(20)17-27-19-28(26-16-7-6-15-25(26)27)18-23-13-8-12-21-10-4-5-14-24(21)23/h2-16,19H,17-18H2,1H3/q+1. The molecule has 0 saturated carbocycles. The van der Waals surface area contributed by atoms with E-state index in [9.17, 15) is 0 Å². The van der Waals surface area contributed by atoms with E-state index in [4.69, 9.17) is 0 Å². The van der Waals surface area contributed by atoms with E-state index in [0.717, 1.165) is 13.1 Å². The van der Waals surface area contributed by atoms with Crippen LogP contribution in [0, 0.1) is 6.92 Å². The van der Waals surface area contributed by atoms with Crippen LogP contribution in [0.5, 0.6) is 0 Å². The molecule has 0 spiro atoms. The zero-order valence-electron chi connectivity index (χ0n) is 16.0. The van der Waals surface area contributed by atoms with Gasteiger partial charge in [0.1, 0.15) is 13.1 Å². The molecule has 136 valence electrons. The Balaban J connectivity index is 1.59. The normalized spacial score (nSPS) is 11.3. The van der Waals surface area contributed by atoms with Crippen molar-refractivity contribution in [1.82, 2.24) is 4.57 Å². The second kappa shape index (κ2) is 6.97. The van der Waals surface area contributed by atoms with Gasteiger partial charge in [0.05, 0.1) is 0 Å². The number of aryl methyl sites for hydroxylation is 1. The first-order chi connectivity index (χ1) is 13.8. The molecular weight excluding hydrogens is 340 g/mol. The first-order valence-corrected chi connectivity index (χ1v) is 9.78. The maximum Gasteiger partial charge on any atom is 0.245 e. The summed E-state index contributed by atoms with van der Waals surface area (Å²) in [5, 5.41) is 2.62. The van der Waals surface area contributed by atoms with Crippen LogP contribution >= 0.6 is 0 Å². The molecule has 0 radical (unpaired) electrons. The Bertz CT molecular complexity index is 1270. The minimum atomic E-state index is 0.864. The summed E-state index contributed by atoms with van der Waals surface area (Å²) >= 11 is 0. The highest BCUT2D eigenvalue weighted by Gasteiger charge is 2.17. The van der Waals surface area contributed by atoms with Crippen molar-refractivity contribution in [2.75, 3.05) is 0 Å². The van der Waals surface area contributed by atoms with E-state index >= 15 is 0 Å². The largest absolute Gasteiger partial charge is 0.245 e. The topological polar surface area (TPSA) is 8.81 Å². The van der Waals surface area contributed by atoms with E-state index in [1.54, 1.807) is 0 Å². The molecular formula is C26H23N2+. The van der Waals surface area contributed by atoms with Gasteiger partial charge >= 0.3 is 0 Å². The van der Waals surface area contributed by atoms with Crippen LogP contribution in [-0.2, 0) is 13.1 Å². The molecule has 0 saturated heterocycles. The van der Waals surface area contributed by atoms with Crippen LogP contribution in [-0.4, -0.2) is 4.57 Å². The van der Waals surface area contributed by atoms with Crippen molar-refractivity contribution in [3.63, 3.8) is 0 Å². The monoisotopic (exact) mass is 363 g/mol. The molecule has 1 heterocycles. The van der Waals surface area contributed by atoms with E-state index in [2.05, 4.69) is 113 Å². The van der Waals surface area contributed by atoms with E-state index in [0.29, 0.717) is 0 Å². The fourth-order valence-electron chi connectivity index (χ4n) is 4.08. The summed E-state index contributed by atoms with van der Waals surface area (Å²) in [7, 11) is 0. The van der Waals surface area contributed by atoms with Gasteiger partial charge < -0.3 is 0 Å². The van der Waals surface area contributed by atoms with Crippen LogP contribution in [0.3, 0.4) is 0 Å². The maximum absolute atomic E-state index is 2.37. The number of hydrogen-bond acceptors (Lipinski definition) is 0. The Morgan fingerprint density at radius 3 is 2.36 bits per heavy atom. The summed E-state index contributed by atoms with van der Waals surface area (Å²) in [6, 6.07) is 32.5. The molecule has 0 bridgehead atoms. The summed E-state index contributed by atoms with van der Waals surface area (Å²) in [5.74, 6) is 0. The van der Waals surface area contributed by atoms with Gasteiger partial charge in [-0.1, -0.05) is 78.9 Å². The van der Waals surface area contributed by atoms with Crippen molar-refractivity contribution >= 4 is 21.8 Å². The molecule has 0 unspecified atom stereocenters. The van der Waals surface area contributed by atoms with Gasteiger partial charge in [-0.2, -0.15) is 0 Å². The van der Waals surface area contributed by atoms with Crippen molar-refractivity contribution in [2.45, 2.75) is 20.0 Å². The highest BCUT2D eigenvalue weighted by atomic mass is 15.1. The van der Waals surface area contributed by atoms with Gasteiger partial charge in [-0.15, -0.1) is 0 Å². The molecule has 0 aliphatic rings. The highest BCUT2D eigenvalue weighted by Crippen LogP contribution is 2.20. The lowest BCUT2D eigenvalue weighted by atomic mass is 10.0. The predicted molar refractivity (Wildman–Crippen MR) is 115 cm³/mol. The molecule has 0 amide bonds. The molecule has 5 rings (SSSR count). The Morgan fingerprint density at radius 2 is 1.43 bits per heavy atom. The number of nitrogens with zero attached hydrogens (tertiary/aromatic N) is 2. The molecule has 0 N–H and O–H groups in total. The number of rotatable bonds is 4. The van der Waals surface area contributed by atoms with E-state index in [1.807, 2.05) is 0 Å². The van der Waals surface area contributed by atoms with Crippen LogP contribution in [0.2, 0.25) is 0 Å². The van der Waals surface area contributed by atoms with Crippen LogP contribution < -0.4 is 4.57 Å². The van der Waals surface area contributed by atoms with Gasteiger partial charge in [0.15, 0.2) is 11.0 Å². The smallest absolute Gasteiger partial charge is 0.226 e. The molecule has 1 aromatic heterocycles. The average Bonchev–Trinajstić information content (AvgIpc) is 3.07. The number of hydrogen-bond donors (Lipinski definition) is 0.